The third-order valence-electron chi connectivity index (χ3n) is 8.01. The molecule has 3 aliphatic rings. The van der Waals surface area contributed by atoms with Crippen molar-refractivity contribution in [2.24, 2.45) is 0 Å². The molecular formula is C32H35FN2O2S. The van der Waals surface area contributed by atoms with Crippen molar-refractivity contribution in [1.29, 1.82) is 0 Å². The van der Waals surface area contributed by atoms with Crippen molar-refractivity contribution in [2.45, 2.75) is 43.1 Å². The molecule has 6 heteroatoms. The fourth-order valence-corrected chi connectivity index (χ4v) is 7.05. The maximum Gasteiger partial charge on any atom is 0.119 e. The van der Waals surface area contributed by atoms with Crippen molar-refractivity contribution >= 4 is 28.6 Å². The zero-order valence-corrected chi connectivity index (χ0v) is 22.9. The van der Waals surface area contributed by atoms with Crippen LogP contribution in [0.1, 0.15) is 48.9 Å². The number of benzene rings is 3. The highest BCUT2D eigenvalue weighted by Crippen LogP contribution is 2.47. The Morgan fingerprint density at radius 2 is 1.89 bits per heavy atom. The first kappa shape index (κ1) is 25.3. The number of halogens is 1. The van der Waals surface area contributed by atoms with Crippen LogP contribution in [-0.2, 0) is 5.41 Å². The van der Waals surface area contributed by atoms with Crippen LogP contribution in [0.3, 0.4) is 0 Å². The normalized spacial score (nSPS) is 20.2. The van der Waals surface area contributed by atoms with E-state index in [0.29, 0.717) is 12.2 Å². The first-order chi connectivity index (χ1) is 18.4. The van der Waals surface area contributed by atoms with Crippen molar-refractivity contribution in [2.75, 3.05) is 43.9 Å². The minimum Gasteiger partial charge on any atom is -0.508 e. The number of likely N-dealkylation sites (tertiary alicyclic amines) is 1. The summed E-state index contributed by atoms with van der Waals surface area (Å²) in [6, 6.07) is 21.0. The number of hydrogen-bond donors (Lipinski definition) is 2. The second-order valence-corrected chi connectivity index (χ2v) is 12.2. The summed E-state index contributed by atoms with van der Waals surface area (Å²) in [5.41, 5.74) is 8.77. The molecule has 0 spiro atoms. The molecule has 0 unspecified atom stereocenters. The molecule has 3 aliphatic heterocycles. The topological polar surface area (TPSA) is 44.7 Å². The lowest BCUT2D eigenvalue weighted by atomic mass is 9.84. The van der Waals surface area contributed by atoms with Crippen LogP contribution in [0.4, 0.5) is 10.1 Å². The predicted octanol–water partition coefficient (Wildman–Crippen LogP) is 6.97. The smallest absolute Gasteiger partial charge is 0.119 e. The SMILES string of the molecule is CC1(C)CNc2ccc(C3=C(c4ccc(O[C@H]5CCN(CCCF)C5)cc4)c4ccc(O)cc4SC3)cc21. The molecule has 0 aromatic heterocycles. The van der Waals surface area contributed by atoms with Crippen LogP contribution in [0.15, 0.2) is 65.6 Å². The van der Waals surface area contributed by atoms with E-state index in [2.05, 4.69) is 66.5 Å². The van der Waals surface area contributed by atoms with Gasteiger partial charge in [0.05, 0.1) is 6.67 Å². The van der Waals surface area contributed by atoms with Gasteiger partial charge in [-0.1, -0.05) is 32.0 Å². The van der Waals surface area contributed by atoms with E-state index < -0.39 is 0 Å². The first-order valence-corrected chi connectivity index (χ1v) is 14.5. The van der Waals surface area contributed by atoms with Gasteiger partial charge in [-0.25, -0.2) is 0 Å². The highest BCUT2D eigenvalue weighted by Gasteiger charge is 2.31. The molecule has 3 aromatic carbocycles. The molecule has 0 bridgehead atoms. The van der Waals surface area contributed by atoms with E-state index >= 15 is 0 Å². The minimum atomic E-state index is -0.261. The van der Waals surface area contributed by atoms with Crippen LogP contribution in [-0.4, -0.2) is 54.7 Å². The number of alkyl halides is 1. The summed E-state index contributed by atoms with van der Waals surface area (Å²) in [7, 11) is 0. The van der Waals surface area contributed by atoms with Gasteiger partial charge in [0, 0.05) is 47.9 Å². The van der Waals surface area contributed by atoms with Gasteiger partial charge in [-0.15, -0.1) is 11.8 Å². The zero-order valence-electron chi connectivity index (χ0n) is 22.1. The van der Waals surface area contributed by atoms with E-state index in [4.69, 9.17) is 4.74 Å². The predicted molar refractivity (Wildman–Crippen MR) is 155 cm³/mol. The number of fused-ring (bicyclic) bond motifs is 2. The lowest BCUT2D eigenvalue weighted by Gasteiger charge is -2.25. The van der Waals surface area contributed by atoms with Gasteiger partial charge in [-0.2, -0.15) is 0 Å². The number of nitrogens with one attached hydrogen (secondary N) is 1. The van der Waals surface area contributed by atoms with Crippen LogP contribution in [0, 0.1) is 0 Å². The van der Waals surface area contributed by atoms with Gasteiger partial charge in [0.15, 0.2) is 0 Å². The maximum atomic E-state index is 12.5. The van der Waals surface area contributed by atoms with Gasteiger partial charge in [0.2, 0.25) is 0 Å². The zero-order chi connectivity index (χ0) is 26.3. The second kappa shape index (κ2) is 10.3. The van der Waals surface area contributed by atoms with Crippen LogP contribution in [0.5, 0.6) is 11.5 Å². The Hall–Kier alpha value is -2.96. The van der Waals surface area contributed by atoms with Crippen molar-refractivity contribution in [1.82, 2.24) is 4.90 Å². The lowest BCUT2D eigenvalue weighted by Crippen LogP contribution is -2.26. The van der Waals surface area contributed by atoms with Gasteiger partial charge in [-0.3, -0.25) is 9.29 Å². The number of ether oxygens (including phenoxy) is 1. The molecule has 0 amide bonds. The van der Waals surface area contributed by atoms with E-state index in [1.54, 1.807) is 17.8 Å². The summed E-state index contributed by atoms with van der Waals surface area (Å²) in [6.07, 6.45) is 1.71. The molecule has 0 radical (unpaired) electrons. The third kappa shape index (κ3) is 4.92. The number of hydrogen-bond acceptors (Lipinski definition) is 5. The maximum absolute atomic E-state index is 12.5. The Morgan fingerprint density at radius 3 is 2.71 bits per heavy atom. The Kier molecular flexibility index (Phi) is 6.87. The van der Waals surface area contributed by atoms with Gasteiger partial charge < -0.3 is 15.2 Å². The molecule has 2 N–H and O–H groups in total. The molecule has 1 fully saturated rings. The molecule has 3 heterocycles. The summed E-state index contributed by atoms with van der Waals surface area (Å²) in [5, 5.41) is 13.7. The number of thioether (sulfide) groups is 1. The molecule has 0 aliphatic carbocycles. The summed E-state index contributed by atoms with van der Waals surface area (Å²) >= 11 is 1.78. The Balaban J connectivity index is 1.33. The van der Waals surface area contributed by atoms with Crippen LogP contribution in [0.25, 0.3) is 11.1 Å². The van der Waals surface area contributed by atoms with Gasteiger partial charge in [0.25, 0.3) is 0 Å². The summed E-state index contributed by atoms with van der Waals surface area (Å²) in [4.78, 5) is 3.39. The highest BCUT2D eigenvalue weighted by atomic mass is 32.2. The number of phenols is 1. The van der Waals surface area contributed by atoms with Crippen molar-refractivity contribution in [3.8, 4) is 11.5 Å². The molecule has 1 saturated heterocycles. The molecule has 38 heavy (non-hydrogen) atoms. The number of rotatable bonds is 7. The van der Waals surface area contributed by atoms with E-state index in [0.717, 1.165) is 60.1 Å². The standard InChI is InChI=1S/C32H35FN2O2S/c1-32(2)20-34-29-11-6-22(16-28(29)32)27-19-38-30-17-23(36)7-10-26(30)31(27)21-4-8-24(9-5-21)37-25-12-15-35(18-25)14-3-13-33/h4-11,16-17,25,34,36H,3,12-15,18-20H2,1-2H3/t25-/m0/s1. The quantitative estimate of drug-likeness (QED) is 0.345. The fourth-order valence-electron chi connectivity index (χ4n) is 5.91. The van der Waals surface area contributed by atoms with Crippen LogP contribution in [0.2, 0.25) is 0 Å². The molecular weight excluding hydrogens is 495 g/mol. The largest absolute Gasteiger partial charge is 0.508 e. The van der Waals surface area contributed by atoms with Crippen molar-refractivity contribution < 1.29 is 14.2 Å². The number of nitrogens with zero attached hydrogens (tertiary/aromatic N) is 1. The third-order valence-corrected chi connectivity index (χ3v) is 9.09. The monoisotopic (exact) mass is 530 g/mol. The van der Waals surface area contributed by atoms with Crippen molar-refractivity contribution in [3.05, 3.63) is 82.9 Å². The molecule has 3 aromatic rings. The highest BCUT2D eigenvalue weighted by molar-refractivity contribution is 7.99. The number of anilines is 1. The van der Waals surface area contributed by atoms with E-state index in [-0.39, 0.29) is 18.2 Å². The fraction of sp³-hybridized carbons (Fsp3) is 0.375. The number of phenolic OH excluding ortho intramolecular Hbond substituents is 1. The van der Waals surface area contributed by atoms with E-state index in [1.165, 1.54) is 28.0 Å². The van der Waals surface area contributed by atoms with E-state index in [9.17, 15) is 9.50 Å². The molecule has 1 atom stereocenters. The van der Waals surface area contributed by atoms with Gasteiger partial charge in [0.1, 0.15) is 17.6 Å². The summed E-state index contributed by atoms with van der Waals surface area (Å²) < 4.78 is 18.8. The van der Waals surface area contributed by atoms with Gasteiger partial charge in [-0.05, 0) is 88.7 Å². The molecule has 4 nitrogen and oxygen atoms in total. The summed E-state index contributed by atoms with van der Waals surface area (Å²) in [5.74, 6) is 2.01. The average molecular weight is 531 g/mol. The van der Waals surface area contributed by atoms with Crippen molar-refractivity contribution in [3.63, 3.8) is 0 Å². The minimum absolute atomic E-state index is 0.0955. The Labute approximate surface area is 228 Å². The van der Waals surface area contributed by atoms with Crippen LogP contribution < -0.4 is 10.1 Å². The number of aromatic hydroxyl groups is 1. The molecule has 0 saturated carbocycles. The van der Waals surface area contributed by atoms with E-state index in [1.807, 2.05) is 12.1 Å². The first-order valence-electron chi connectivity index (χ1n) is 13.5. The Morgan fingerprint density at radius 1 is 1.08 bits per heavy atom. The lowest BCUT2D eigenvalue weighted by molar-refractivity contribution is 0.198. The molecule has 198 valence electrons. The Bertz CT molecular complexity index is 1370. The average Bonchev–Trinajstić information content (AvgIpc) is 3.50. The summed E-state index contributed by atoms with van der Waals surface area (Å²) in [6.45, 7) is 7.90. The van der Waals surface area contributed by atoms with Crippen LogP contribution >= 0.6 is 11.8 Å². The molecule has 6 rings (SSSR count). The second-order valence-electron chi connectivity index (χ2n) is 11.2. The van der Waals surface area contributed by atoms with Gasteiger partial charge >= 0.3 is 0 Å².